The minimum atomic E-state index is -0.280. The number of hydrazone groups is 1. The number of aromatic nitrogens is 3. The van der Waals surface area contributed by atoms with E-state index in [1.807, 2.05) is 82.4 Å². The van der Waals surface area contributed by atoms with E-state index in [1.54, 1.807) is 10.9 Å². The van der Waals surface area contributed by atoms with Crippen LogP contribution in [0.4, 0.5) is 0 Å². The molecule has 0 unspecified atom stereocenters. The smallest absolute Gasteiger partial charge is 0.272 e. The number of carbonyl (C=O) groups excluding carboxylic acids is 1. The molecule has 0 atom stereocenters. The molecule has 6 heteroatoms. The third-order valence-corrected chi connectivity index (χ3v) is 5.23. The van der Waals surface area contributed by atoms with E-state index in [2.05, 4.69) is 15.6 Å². The molecule has 0 aliphatic heterocycles. The predicted octanol–water partition coefficient (Wildman–Crippen LogP) is 4.32. The van der Waals surface area contributed by atoms with Crippen LogP contribution < -0.4 is 5.43 Å². The molecule has 2 aromatic carbocycles. The number of benzene rings is 2. The largest absolute Gasteiger partial charge is 0.272 e. The molecule has 150 valence electrons. The number of hydrogen-bond acceptors (Lipinski definition) is 4. The molecular formula is C24H23N5O. The first-order valence-electron chi connectivity index (χ1n) is 9.74. The number of hydrogen-bond donors (Lipinski definition) is 1. The van der Waals surface area contributed by atoms with E-state index in [0.29, 0.717) is 5.56 Å². The zero-order valence-corrected chi connectivity index (χ0v) is 17.5. The first-order valence-corrected chi connectivity index (χ1v) is 9.74. The number of amides is 1. The average molecular weight is 397 g/mol. The second-order valence-corrected chi connectivity index (χ2v) is 7.35. The summed E-state index contributed by atoms with van der Waals surface area (Å²) in [4.78, 5) is 17.7. The summed E-state index contributed by atoms with van der Waals surface area (Å²) in [5.41, 5.74) is 9.60. The van der Waals surface area contributed by atoms with Crippen molar-refractivity contribution in [3.05, 3.63) is 82.7 Å². The lowest BCUT2D eigenvalue weighted by Gasteiger charge is -2.09. The van der Waals surface area contributed by atoms with Gasteiger partial charge in [0, 0.05) is 29.3 Å². The minimum absolute atomic E-state index is 0.280. The first-order chi connectivity index (χ1) is 14.4. The summed E-state index contributed by atoms with van der Waals surface area (Å²) in [6.07, 6.45) is 1.64. The molecule has 0 saturated carbocycles. The first kappa shape index (κ1) is 19.5. The maximum absolute atomic E-state index is 13.0. The number of fused-ring (bicyclic) bond motifs is 1. The highest BCUT2D eigenvalue weighted by molar-refractivity contribution is 6.07. The molecule has 0 aliphatic rings. The van der Waals surface area contributed by atoms with Crippen LogP contribution in [0.25, 0.3) is 22.2 Å². The van der Waals surface area contributed by atoms with Crippen LogP contribution in [0.5, 0.6) is 0 Å². The van der Waals surface area contributed by atoms with E-state index in [1.165, 1.54) is 5.56 Å². The van der Waals surface area contributed by atoms with Crippen molar-refractivity contribution in [2.75, 3.05) is 0 Å². The van der Waals surface area contributed by atoms with Crippen molar-refractivity contribution in [3.63, 3.8) is 0 Å². The maximum atomic E-state index is 13.0. The molecular weight excluding hydrogens is 374 g/mol. The zero-order chi connectivity index (χ0) is 21.3. The van der Waals surface area contributed by atoms with Gasteiger partial charge in [-0.2, -0.15) is 10.2 Å². The van der Waals surface area contributed by atoms with Crippen molar-refractivity contribution < 1.29 is 4.79 Å². The summed E-state index contributed by atoms with van der Waals surface area (Å²) < 4.78 is 1.79. The van der Waals surface area contributed by atoms with E-state index in [-0.39, 0.29) is 5.91 Å². The summed E-state index contributed by atoms with van der Waals surface area (Å²) in [5.74, 6) is -0.280. The summed E-state index contributed by atoms with van der Waals surface area (Å²) in [6.45, 7) is 5.92. The van der Waals surface area contributed by atoms with Crippen molar-refractivity contribution >= 4 is 23.0 Å². The number of nitrogens with zero attached hydrogens (tertiary/aromatic N) is 4. The van der Waals surface area contributed by atoms with Crippen LogP contribution in [-0.4, -0.2) is 26.9 Å². The van der Waals surface area contributed by atoms with Crippen molar-refractivity contribution in [2.24, 2.45) is 12.1 Å². The van der Waals surface area contributed by atoms with Gasteiger partial charge in [0.25, 0.3) is 5.91 Å². The number of carbonyl (C=O) groups is 1. The lowest BCUT2D eigenvalue weighted by molar-refractivity contribution is 0.0956. The Balaban J connectivity index is 1.69. The van der Waals surface area contributed by atoms with Crippen molar-refractivity contribution in [1.82, 2.24) is 20.2 Å². The Kier molecular flexibility index (Phi) is 5.14. The molecule has 0 aliphatic carbocycles. The van der Waals surface area contributed by atoms with Gasteiger partial charge >= 0.3 is 0 Å². The number of aryl methyl sites for hydroxylation is 3. The van der Waals surface area contributed by atoms with Crippen LogP contribution in [0, 0.1) is 20.8 Å². The SMILES string of the molecule is Cc1ccc(-c2cc(C(=O)N/N=C/c3c(C)nn(C)c3C)c3ccccc3n2)cc1. The van der Waals surface area contributed by atoms with Gasteiger partial charge in [-0.25, -0.2) is 10.4 Å². The standard InChI is InChI=1S/C24H23N5O/c1-15-9-11-18(12-10-15)23-13-20(19-7-5-6-8-22(19)26-23)24(30)27-25-14-21-16(2)28-29(4)17(21)3/h5-14H,1-4H3,(H,27,30)/b25-14+. The van der Waals surface area contributed by atoms with Gasteiger partial charge in [-0.1, -0.05) is 48.0 Å². The lowest BCUT2D eigenvalue weighted by atomic mass is 10.0. The summed E-state index contributed by atoms with van der Waals surface area (Å²) in [6, 6.07) is 17.5. The van der Waals surface area contributed by atoms with Crippen LogP contribution >= 0.6 is 0 Å². The number of para-hydroxylation sites is 1. The molecule has 2 heterocycles. The second kappa shape index (κ2) is 7.91. The molecule has 30 heavy (non-hydrogen) atoms. The molecule has 0 bridgehead atoms. The van der Waals surface area contributed by atoms with Gasteiger partial charge in [-0.15, -0.1) is 0 Å². The van der Waals surface area contributed by atoms with E-state index in [4.69, 9.17) is 4.98 Å². The number of pyridine rings is 1. The molecule has 0 spiro atoms. The monoisotopic (exact) mass is 397 g/mol. The topological polar surface area (TPSA) is 72.2 Å². The van der Waals surface area contributed by atoms with Gasteiger partial charge in [-0.3, -0.25) is 9.48 Å². The molecule has 1 N–H and O–H groups in total. The Hall–Kier alpha value is -3.80. The highest BCUT2D eigenvalue weighted by Gasteiger charge is 2.14. The quantitative estimate of drug-likeness (QED) is 0.412. The van der Waals surface area contributed by atoms with Gasteiger partial charge in [0.15, 0.2) is 0 Å². The third-order valence-electron chi connectivity index (χ3n) is 5.23. The number of nitrogens with one attached hydrogen (secondary N) is 1. The van der Waals surface area contributed by atoms with Gasteiger partial charge in [-0.05, 0) is 32.9 Å². The molecule has 2 aromatic heterocycles. The average Bonchev–Trinajstić information content (AvgIpc) is 2.99. The normalized spacial score (nSPS) is 11.3. The summed E-state index contributed by atoms with van der Waals surface area (Å²) in [7, 11) is 1.88. The van der Waals surface area contributed by atoms with Crippen molar-refractivity contribution in [3.8, 4) is 11.3 Å². The Morgan fingerprint density at radius 2 is 1.80 bits per heavy atom. The van der Waals surface area contributed by atoms with Gasteiger partial charge < -0.3 is 0 Å². The maximum Gasteiger partial charge on any atom is 0.272 e. The van der Waals surface area contributed by atoms with Crippen molar-refractivity contribution in [1.29, 1.82) is 0 Å². The highest BCUT2D eigenvalue weighted by atomic mass is 16.2. The lowest BCUT2D eigenvalue weighted by Crippen LogP contribution is -2.18. The Labute approximate surface area is 175 Å². The summed E-state index contributed by atoms with van der Waals surface area (Å²) in [5, 5.41) is 9.33. The number of rotatable bonds is 4. The van der Waals surface area contributed by atoms with E-state index in [9.17, 15) is 4.79 Å². The fraction of sp³-hybridized carbons (Fsp3) is 0.167. The van der Waals surface area contributed by atoms with Gasteiger partial charge in [0.1, 0.15) is 0 Å². The molecule has 4 aromatic rings. The Bertz CT molecular complexity index is 1270. The molecule has 0 fully saturated rings. The Morgan fingerprint density at radius 1 is 1.07 bits per heavy atom. The Morgan fingerprint density at radius 3 is 2.50 bits per heavy atom. The molecule has 6 nitrogen and oxygen atoms in total. The van der Waals surface area contributed by atoms with E-state index >= 15 is 0 Å². The van der Waals surface area contributed by atoms with Gasteiger partial charge in [0.2, 0.25) is 0 Å². The van der Waals surface area contributed by atoms with Crippen LogP contribution in [0.2, 0.25) is 0 Å². The predicted molar refractivity (Wildman–Crippen MR) is 120 cm³/mol. The van der Waals surface area contributed by atoms with Crippen molar-refractivity contribution in [2.45, 2.75) is 20.8 Å². The van der Waals surface area contributed by atoms with Crippen LogP contribution in [0.3, 0.4) is 0 Å². The third kappa shape index (κ3) is 3.72. The van der Waals surface area contributed by atoms with Gasteiger partial charge in [0.05, 0.1) is 28.7 Å². The minimum Gasteiger partial charge on any atom is -0.272 e. The fourth-order valence-corrected chi connectivity index (χ4v) is 3.43. The molecule has 1 amide bonds. The van der Waals surface area contributed by atoms with Crippen LogP contribution in [0.1, 0.15) is 32.9 Å². The second-order valence-electron chi connectivity index (χ2n) is 7.35. The molecule has 0 radical (unpaired) electrons. The fourth-order valence-electron chi connectivity index (χ4n) is 3.43. The molecule has 0 saturated heterocycles. The van der Waals surface area contributed by atoms with E-state index in [0.717, 1.165) is 39.1 Å². The van der Waals surface area contributed by atoms with Crippen LogP contribution in [-0.2, 0) is 7.05 Å². The van der Waals surface area contributed by atoms with Crippen LogP contribution in [0.15, 0.2) is 59.7 Å². The highest BCUT2D eigenvalue weighted by Crippen LogP contribution is 2.25. The zero-order valence-electron chi connectivity index (χ0n) is 17.5. The van der Waals surface area contributed by atoms with E-state index < -0.39 is 0 Å². The molecule has 4 rings (SSSR count). The summed E-state index contributed by atoms with van der Waals surface area (Å²) >= 11 is 0.